The van der Waals surface area contributed by atoms with Gasteiger partial charge in [0.15, 0.2) is 0 Å². The molecule has 3 nitrogen and oxygen atoms in total. The molecule has 0 spiro atoms. The second-order valence-corrected chi connectivity index (χ2v) is 5.72. The normalized spacial score (nSPS) is 15.0. The minimum Gasteiger partial charge on any atom is -0.497 e. The van der Waals surface area contributed by atoms with Crippen molar-refractivity contribution in [2.75, 3.05) is 14.2 Å². The van der Waals surface area contributed by atoms with E-state index in [0.717, 1.165) is 28.4 Å². The molecule has 0 N–H and O–H groups in total. The zero-order valence-electron chi connectivity index (χ0n) is 13.7. The highest BCUT2D eigenvalue weighted by atomic mass is 16.5. The van der Waals surface area contributed by atoms with Gasteiger partial charge in [-0.15, -0.1) is 0 Å². The Labute approximate surface area is 141 Å². The summed E-state index contributed by atoms with van der Waals surface area (Å²) in [7, 11) is 3.34. The van der Waals surface area contributed by atoms with Crippen molar-refractivity contribution in [3.8, 4) is 28.4 Å². The molecule has 0 amide bonds. The Balaban J connectivity index is 1.84. The van der Waals surface area contributed by atoms with E-state index in [1.807, 2.05) is 42.5 Å². The van der Waals surface area contributed by atoms with E-state index in [9.17, 15) is 0 Å². The summed E-state index contributed by atoms with van der Waals surface area (Å²) in [5.41, 5.74) is 4.55. The van der Waals surface area contributed by atoms with Crippen molar-refractivity contribution < 1.29 is 14.2 Å². The summed E-state index contributed by atoms with van der Waals surface area (Å²) in [5.74, 6) is 2.47. The third-order valence-corrected chi connectivity index (χ3v) is 4.39. The summed E-state index contributed by atoms with van der Waals surface area (Å²) in [4.78, 5) is 0. The van der Waals surface area contributed by atoms with Crippen LogP contribution in [0.15, 0.2) is 66.7 Å². The van der Waals surface area contributed by atoms with Crippen LogP contribution in [-0.4, -0.2) is 14.2 Å². The smallest absolute Gasteiger partial charge is 0.149 e. The highest BCUT2D eigenvalue weighted by Gasteiger charge is 2.27. The molecule has 3 aromatic rings. The Morgan fingerprint density at radius 1 is 0.750 bits per heavy atom. The van der Waals surface area contributed by atoms with E-state index in [1.54, 1.807) is 14.2 Å². The highest BCUT2D eigenvalue weighted by molar-refractivity contribution is 5.77. The van der Waals surface area contributed by atoms with Crippen molar-refractivity contribution in [2.45, 2.75) is 6.10 Å². The third kappa shape index (κ3) is 2.38. The number of fused-ring (bicyclic) bond motifs is 3. The Morgan fingerprint density at radius 2 is 1.46 bits per heavy atom. The lowest BCUT2D eigenvalue weighted by Crippen LogP contribution is -2.15. The molecular formula is C21H18O3. The van der Waals surface area contributed by atoms with Crippen LogP contribution in [0.2, 0.25) is 0 Å². The van der Waals surface area contributed by atoms with Gasteiger partial charge in [0.05, 0.1) is 14.2 Å². The van der Waals surface area contributed by atoms with Crippen molar-refractivity contribution in [3.63, 3.8) is 0 Å². The van der Waals surface area contributed by atoms with E-state index in [-0.39, 0.29) is 6.10 Å². The van der Waals surface area contributed by atoms with Gasteiger partial charge in [0.1, 0.15) is 23.4 Å². The largest absolute Gasteiger partial charge is 0.497 e. The van der Waals surface area contributed by atoms with Crippen LogP contribution in [-0.2, 0) is 0 Å². The Kier molecular flexibility index (Phi) is 3.62. The fourth-order valence-electron chi connectivity index (χ4n) is 3.14. The first-order chi connectivity index (χ1) is 11.8. The zero-order valence-corrected chi connectivity index (χ0v) is 13.7. The lowest BCUT2D eigenvalue weighted by atomic mass is 9.89. The minimum atomic E-state index is -0.147. The molecule has 3 aromatic carbocycles. The first-order valence-electron chi connectivity index (χ1n) is 7.88. The van der Waals surface area contributed by atoms with Gasteiger partial charge in [-0.1, -0.05) is 36.4 Å². The molecule has 0 saturated carbocycles. The fraction of sp³-hybridized carbons (Fsp3) is 0.143. The Hall–Kier alpha value is -2.94. The van der Waals surface area contributed by atoms with Gasteiger partial charge in [-0.3, -0.25) is 0 Å². The fourth-order valence-corrected chi connectivity index (χ4v) is 3.14. The van der Waals surface area contributed by atoms with Crippen LogP contribution in [0.4, 0.5) is 0 Å². The first kappa shape index (κ1) is 14.6. The number of rotatable bonds is 3. The predicted molar refractivity (Wildman–Crippen MR) is 93.9 cm³/mol. The van der Waals surface area contributed by atoms with Crippen LogP contribution in [0, 0.1) is 0 Å². The van der Waals surface area contributed by atoms with E-state index >= 15 is 0 Å². The molecule has 1 unspecified atom stereocenters. The van der Waals surface area contributed by atoms with Gasteiger partial charge in [-0.25, -0.2) is 0 Å². The summed E-state index contributed by atoms with van der Waals surface area (Å²) in [5, 5.41) is 0. The van der Waals surface area contributed by atoms with Gasteiger partial charge in [-0.2, -0.15) is 0 Å². The van der Waals surface area contributed by atoms with Crippen LogP contribution in [0.25, 0.3) is 11.1 Å². The van der Waals surface area contributed by atoms with Crippen LogP contribution < -0.4 is 14.2 Å². The molecule has 0 aliphatic carbocycles. The summed E-state index contributed by atoms with van der Waals surface area (Å²) in [6.07, 6.45) is -0.147. The molecule has 0 bridgehead atoms. The quantitative estimate of drug-likeness (QED) is 0.691. The second kappa shape index (κ2) is 5.93. The number of hydrogen-bond donors (Lipinski definition) is 0. The van der Waals surface area contributed by atoms with E-state index < -0.39 is 0 Å². The van der Waals surface area contributed by atoms with Crippen molar-refractivity contribution >= 4 is 0 Å². The third-order valence-electron chi connectivity index (χ3n) is 4.39. The Bertz CT molecular complexity index is 869. The molecule has 120 valence electrons. The molecular weight excluding hydrogens is 300 g/mol. The molecule has 1 aliphatic heterocycles. The topological polar surface area (TPSA) is 27.7 Å². The molecule has 1 heterocycles. The molecule has 0 aromatic heterocycles. The molecule has 4 rings (SSSR count). The van der Waals surface area contributed by atoms with Crippen molar-refractivity contribution in [1.82, 2.24) is 0 Å². The van der Waals surface area contributed by atoms with Crippen molar-refractivity contribution in [2.24, 2.45) is 0 Å². The molecule has 0 radical (unpaired) electrons. The molecule has 0 fully saturated rings. The number of methoxy groups -OCH3 is 2. The van der Waals surface area contributed by atoms with Crippen LogP contribution in [0.3, 0.4) is 0 Å². The lowest BCUT2D eigenvalue weighted by Gasteiger charge is -2.29. The summed E-state index contributed by atoms with van der Waals surface area (Å²) in [6, 6.07) is 22.3. The summed E-state index contributed by atoms with van der Waals surface area (Å²) < 4.78 is 16.9. The predicted octanol–water partition coefficient (Wildman–Crippen LogP) is 4.85. The highest BCUT2D eigenvalue weighted by Crippen LogP contribution is 2.45. The minimum absolute atomic E-state index is 0.147. The number of ether oxygens (including phenoxy) is 3. The number of benzene rings is 3. The first-order valence-corrected chi connectivity index (χ1v) is 7.88. The van der Waals surface area contributed by atoms with E-state index in [0.29, 0.717) is 0 Å². The zero-order chi connectivity index (χ0) is 16.5. The lowest BCUT2D eigenvalue weighted by molar-refractivity contribution is 0.242. The number of hydrogen-bond acceptors (Lipinski definition) is 3. The van der Waals surface area contributed by atoms with Crippen LogP contribution >= 0.6 is 0 Å². The SMILES string of the molecule is COc1ccc(C2Oc3cc(OC)ccc3-c3ccccc32)cc1. The summed E-state index contributed by atoms with van der Waals surface area (Å²) in [6.45, 7) is 0. The molecule has 1 atom stereocenters. The van der Waals surface area contributed by atoms with Gasteiger partial charge in [0.25, 0.3) is 0 Å². The van der Waals surface area contributed by atoms with Crippen molar-refractivity contribution in [1.29, 1.82) is 0 Å². The van der Waals surface area contributed by atoms with Crippen LogP contribution in [0.1, 0.15) is 17.2 Å². The van der Waals surface area contributed by atoms with Gasteiger partial charge in [-0.05, 0) is 35.4 Å². The molecule has 24 heavy (non-hydrogen) atoms. The maximum atomic E-state index is 6.34. The average Bonchev–Trinajstić information content (AvgIpc) is 2.67. The van der Waals surface area contributed by atoms with E-state index in [4.69, 9.17) is 14.2 Å². The monoisotopic (exact) mass is 318 g/mol. The van der Waals surface area contributed by atoms with Crippen molar-refractivity contribution in [3.05, 3.63) is 77.9 Å². The van der Waals surface area contributed by atoms with Gasteiger partial charge in [0, 0.05) is 17.2 Å². The second-order valence-electron chi connectivity index (χ2n) is 5.72. The van der Waals surface area contributed by atoms with E-state index in [1.165, 1.54) is 11.1 Å². The molecule has 0 saturated heterocycles. The molecule has 1 aliphatic rings. The average molecular weight is 318 g/mol. The summed E-state index contributed by atoms with van der Waals surface area (Å²) >= 11 is 0. The Morgan fingerprint density at radius 3 is 2.21 bits per heavy atom. The van der Waals surface area contributed by atoms with Crippen LogP contribution in [0.5, 0.6) is 17.2 Å². The molecule has 3 heteroatoms. The maximum absolute atomic E-state index is 6.34. The van der Waals surface area contributed by atoms with Gasteiger partial charge in [0.2, 0.25) is 0 Å². The standard InChI is InChI=1S/C21H18O3/c1-22-15-9-7-14(8-10-15)21-19-6-4-3-5-17(19)18-12-11-16(23-2)13-20(18)24-21/h3-13,21H,1-2H3. The van der Waals surface area contributed by atoms with E-state index in [2.05, 4.69) is 24.3 Å². The van der Waals surface area contributed by atoms with Gasteiger partial charge < -0.3 is 14.2 Å². The maximum Gasteiger partial charge on any atom is 0.149 e. The van der Waals surface area contributed by atoms with Gasteiger partial charge >= 0.3 is 0 Å².